The molecule has 1 aromatic carbocycles. The van der Waals surface area contributed by atoms with Crippen molar-refractivity contribution in [3.63, 3.8) is 0 Å². The van der Waals surface area contributed by atoms with Crippen molar-refractivity contribution in [1.29, 1.82) is 0 Å². The van der Waals surface area contributed by atoms with E-state index in [0.717, 1.165) is 4.90 Å². The van der Waals surface area contributed by atoms with Crippen molar-refractivity contribution in [2.75, 3.05) is 11.9 Å². The third-order valence-electron chi connectivity index (χ3n) is 1.75. The van der Waals surface area contributed by atoms with Crippen LogP contribution in [-0.2, 0) is 9.59 Å². The number of hydrogen-bond acceptors (Lipinski definition) is 3. The van der Waals surface area contributed by atoms with Gasteiger partial charge < -0.3 is 15.7 Å². The summed E-state index contributed by atoms with van der Waals surface area (Å²) in [5.41, 5.74) is 5.32. The molecule has 0 atom stereocenters. The highest BCUT2D eigenvalue weighted by molar-refractivity contribution is 6.39. The Hall–Kier alpha value is -2.04. The van der Waals surface area contributed by atoms with E-state index < -0.39 is 11.8 Å². The maximum atomic E-state index is 11.1. The molecule has 0 spiro atoms. The van der Waals surface area contributed by atoms with Crippen LogP contribution in [0.3, 0.4) is 0 Å². The summed E-state index contributed by atoms with van der Waals surface area (Å²) >= 11 is 0. The quantitative estimate of drug-likeness (QED) is 0.609. The summed E-state index contributed by atoms with van der Waals surface area (Å²) in [4.78, 5) is 22.8. The normalized spacial score (nSPS) is 9.50. The number of rotatable bonds is 1. The van der Waals surface area contributed by atoms with Gasteiger partial charge in [0, 0.05) is 12.7 Å². The summed E-state index contributed by atoms with van der Waals surface area (Å²) in [7, 11) is 1.43. The largest absolute Gasteiger partial charge is 0.508 e. The van der Waals surface area contributed by atoms with Crippen LogP contribution in [0.25, 0.3) is 0 Å². The zero-order valence-corrected chi connectivity index (χ0v) is 7.60. The Bertz CT molecular complexity index is 359. The van der Waals surface area contributed by atoms with Crippen molar-refractivity contribution in [3.05, 3.63) is 24.3 Å². The summed E-state index contributed by atoms with van der Waals surface area (Å²) in [6.07, 6.45) is 0. The first-order valence-electron chi connectivity index (χ1n) is 3.89. The van der Waals surface area contributed by atoms with E-state index in [1.807, 2.05) is 0 Å². The molecule has 3 N–H and O–H groups in total. The van der Waals surface area contributed by atoms with E-state index in [-0.39, 0.29) is 5.75 Å². The fourth-order valence-electron chi connectivity index (χ4n) is 0.959. The molecule has 0 unspecified atom stereocenters. The second-order valence-electron chi connectivity index (χ2n) is 2.74. The molecular formula is C9H10N2O3. The van der Waals surface area contributed by atoms with Crippen LogP contribution < -0.4 is 10.6 Å². The molecule has 0 aliphatic carbocycles. The molecule has 0 aromatic heterocycles. The third-order valence-corrected chi connectivity index (χ3v) is 1.75. The molecule has 0 heterocycles. The lowest BCUT2D eigenvalue weighted by Gasteiger charge is -2.14. The van der Waals surface area contributed by atoms with E-state index in [1.165, 1.54) is 31.3 Å². The number of phenols is 1. The van der Waals surface area contributed by atoms with E-state index >= 15 is 0 Å². The highest BCUT2D eigenvalue weighted by Crippen LogP contribution is 2.16. The minimum absolute atomic E-state index is 0.0914. The van der Waals surface area contributed by atoms with Crippen LogP contribution in [0.1, 0.15) is 0 Å². The first-order chi connectivity index (χ1) is 6.52. The van der Waals surface area contributed by atoms with Crippen LogP contribution in [-0.4, -0.2) is 24.0 Å². The van der Waals surface area contributed by atoms with Crippen LogP contribution in [0, 0.1) is 0 Å². The number of aromatic hydroxyl groups is 1. The Labute approximate surface area is 80.7 Å². The van der Waals surface area contributed by atoms with Gasteiger partial charge in [0.25, 0.3) is 0 Å². The molecule has 0 aliphatic heterocycles. The number of likely N-dealkylation sites (N-methyl/N-ethyl adjacent to an activating group) is 1. The van der Waals surface area contributed by atoms with Gasteiger partial charge in [-0.2, -0.15) is 0 Å². The Morgan fingerprint density at radius 1 is 1.29 bits per heavy atom. The number of anilines is 1. The molecule has 0 fully saturated rings. The predicted molar refractivity (Wildman–Crippen MR) is 50.7 cm³/mol. The lowest BCUT2D eigenvalue weighted by atomic mass is 10.3. The van der Waals surface area contributed by atoms with Gasteiger partial charge in [0.1, 0.15) is 5.75 Å². The smallest absolute Gasteiger partial charge is 0.315 e. The first-order valence-corrected chi connectivity index (χ1v) is 3.89. The van der Waals surface area contributed by atoms with Crippen LogP contribution in [0.15, 0.2) is 24.3 Å². The summed E-state index contributed by atoms with van der Waals surface area (Å²) in [6, 6.07) is 5.85. The van der Waals surface area contributed by atoms with Crippen LogP contribution in [0.2, 0.25) is 0 Å². The SMILES string of the molecule is CN(C(=O)C(N)=O)c1ccc(O)cc1. The van der Waals surface area contributed by atoms with Crippen molar-refractivity contribution in [1.82, 2.24) is 0 Å². The minimum atomic E-state index is -1.01. The first kappa shape index (κ1) is 10.0. The Kier molecular flexibility index (Phi) is 2.71. The molecule has 1 rings (SSSR count). The second-order valence-corrected chi connectivity index (χ2v) is 2.74. The van der Waals surface area contributed by atoms with Gasteiger partial charge >= 0.3 is 11.8 Å². The van der Waals surface area contributed by atoms with Crippen molar-refractivity contribution in [3.8, 4) is 5.75 Å². The lowest BCUT2D eigenvalue weighted by Crippen LogP contribution is -2.37. The molecule has 1 aromatic rings. The monoisotopic (exact) mass is 194 g/mol. The van der Waals surface area contributed by atoms with Crippen LogP contribution in [0.4, 0.5) is 5.69 Å². The molecule has 74 valence electrons. The van der Waals surface area contributed by atoms with Crippen molar-refractivity contribution >= 4 is 17.5 Å². The molecule has 5 heteroatoms. The number of benzene rings is 1. The van der Waals surface area contributed by atoms with Gasteiger partial charge in [-0.25, -0.2) is 0 Å². The molecule has 0 bridgehead atoms. The summed E-state index contributed by atoms with van der Waals surface area (Å²) in [5, 5.41) is 8.99. The molecule has 14 heavy (non-hydrogen) atoms. The minimum Gasteiger partial charge on any atom is -0.508 e. The molecule has 0 radical (unpaired) electrons. The standard InChI is InChI=1S/C9H10N2O3/c1-11(9(14)8(10)13)6-2-4-7(12)5-3-6/h2-5,12H,1H3,(H2,10,13). The highest BCUT2D eigenvalue weighted by Gasteiger charge is 2.15. The third kappa shape index (κ3) is 2.01. The molecule has 5 nitrogen and oxygen atoms in total. The average molecular weight is 194 g/mol. The van der Waals surface area contributed by atoms with Gasteiger partial charge in [0.2, 0.25) is 0 Å². The van der Waals surface area contributed by atoms with Crippen LogP contribution in [0.5, 0.6) is 5.75 Å². The predicted octanol–water partition coefficient (Wildman–Crippen LogP) is -0.160. The molecular weight excluding hydrogens is 184 g/mol. The number of carbonyl (C=O) groups is 2. The van der Waals surface area contributed by atoms with Gasteiger partial charge in [0.15, 0.2) is 0 Å². The fourth-order valence-corrected chi connectivity index (χ4v) is 0.959. The van der Waals surface area contributed by atoms with Gasteiger partial charge in [-0.1, -0.05) is 0 Å². The van der Waals surface area contributed by atoms with E-state index in [0.29, 0.717) is 5.69 Å². The number of nitrogens with zero attached hydrogens (tertiary/aromatic N) is 1. The Balaban J connectivity index is 2.89. The van der Waals surface area contributed by atoms with Crippen molar-refractivity contribution < 1.29 is 14.7 Å². The van der Waals surface area contributed by atoms with E-state index in [4.69, 9.17) is 10.8 Å². The Morgan fingerprint density at radius 2 is 1.79 bits per heavy atom. The molecule has 2 amide bonds. The number of phenolic OH excluding ortho intramolecular Hbond substituents is 1. The molecule has 0 saturated heterocycles. The van der Waals surface area contributed by atoms with E-state index in [2.05, 4.69) is 0 Å². The fraction of sp³-hybridized carbons (Fsp3) is 0.111. The van der Waals surface area contributed by atoms with Crippen LogP contribution >= 0.6 is 0 Å². The summed E-state index contributed by atoms with van der Waals surface area (Å²) in [5.74, 6) is -1.72. The number of primary amides is 1. The topological polar surface area (TPSA) is 83.6 Å². The summed E-state index contributed by atoms with van der Waals surface area (Å²) in [6.45, 7) is 0. The molecule has 0 saturated carbocycles. The van der Waals surface area contributed by atoms with Crippen molar-refractivity contribution in [2.24, 2.45) is 5.73 Å². The zero-order valence-electron chi connectivity index (χ0n) is 7.60. The van der Waals surface area contributed by atoms with E-state index in [9.17, 15) is 9.59 Å². The van der Waals surface area contributed by atoms with Gasteiger partial charge in [0.05, 0.1) is 0 Å². The number of nitrogens with two attached hydrogens (primary N) is 1. The summed E-state index contributed by atoms with van der Waals surface area (Å²) < 4.78 is 0. The number of carbonyl (C=O) groups excluding carboxylic acids is 2. The van der Waals surface area contributed by atoms with Gasteiger partial charge in [-0.3, -0.25) is 9.59 Å². The van der Waals surface area contributed by atoms with Gasteiger partial charge in [-0.15, -0.1) is 0 Å². The zero-order chi connectivity index (χ0) is 10.7. The average Bonchev–Trinajstić information content (AvgIpc) is 2.16. The van der Waals surface area contributed by atoms with Crippen molar-refractivity contribution in [2.45, 2.75) is 0 Å². The maximum absolute atomic E-state index is 11.1. The Morgan fingerprint density at radius 3 is 2.21 bits per heavy atom. The number of hydrogen-bond donors (Lipinski definition) is 2. The van der Waals surface area contributed by atoms with Gasteiger partial charge in [-0.05, 0) is 24.3 Å². The lowest BCUT2D eigenvalue weighted by molar-refractivity contribution is -0.135. The highest BCUT2D eigenvalue weighted by atomic mass is 16.3. The maximum Gasteiger partial charge on any atom is 0.315 e. The van der Waals surface area contributed by atoms with E-state index in [1.54, 1.807) is 0 Å². The second kappa shape index (κ2) is 3.78. The molecule has 0 aliphatic rings. The number of amides is 2.